The number of hydrogen-bond donors (Lipinski definition) is 3. The van der Waals surface area contributed by atoms with Gasteiger partial charge in [-0.15, -0.1) is 11.8 Å². The van der Waals surface area contributed by atoms with E-state index in [2.05, 4.69) is 22.5 Å². The van der Waals surface area contributed by atoms with Crippen molar-refractivity contribution in [2.45, 2.75) is 76.6 Å². The van der Waals surface area contributed by atoms with Crippen LogP contribution in [-0.4, -0.2) is 48.7 Å². The SMILES string of the molecule is CSc1cc(C)[nH]c(=O)c1CNC(=O)c1cc(Cl)c2c(c1C)O[C@@](C)([C@H]1CC[C@H](NCC3(C)COC3)CC1)O2. The van der Waals surface area contributed by atoms with Crippen molar-refractivity contribution in [1.29, 1.82) is 0 Å². The number of benzene rings is 1. The van der Waals surface area contributed by atoms with Crippen LogP contribution in [0.2, 0.25) is 5.02 Å². The number of nitrogens with one attached hydrogen (secondary N) is 3. The number of aryl methyl sites for hydroxylation is 1. The standard InChI is InChI=1S/C29H38ClN3O5S/c1-16-10-23(39-5)21(27(35)33-16)12-31-26(34)20-11-22(30)25-24(17(20)2)37-29(4,38-25)18-6-8-19(9-7-18)32-13-28(3)14-36-15-28/h10-11,18-19,32H,6-9,12-15H2,1-5H3,(H,31,34)(H,33,35)/t18-,19-,29-/m1/s1. The fourth-order valence-electron chi connectivity index (χ4n) is 5.81. The molecule has 0 radical (unpaired) electrons. The number of H-pyrrole nitrogens is 1. The Morgan fingerprint density at radius 3 is 2.46 bits per heavy atom. The molecule has 3 N–H and O–H groups in total. The minimum atomic E-state index is -0.840. The Hall–Kier alpha value is -2.20. The first-order valence-electron chi connectivity index (χ1n) is 13.6. The second-order valence-corrected chi connectivity index (χ2v) is 12.9. The highest BCUT2D eigenvalue weighted by atomic mass is 35.5. The molecule has 0 unspecified atom stereocenters. The van der Waals surface area contributed by atoms with E-state index in [1.165, 1.54) is 11.8 Å². The van der Waals surface area contributed by atoms with Crippen molar-refractivity contribution in [2.75, 3.05) is 26.0 Å². The van der Waals surface area contributed by atoms with Crippen molar-refractivity contribution in [3.63, 3.8) is 0 Å². The van der Waals surface area contributed by atoms with Gasteiger partial charge in [0.1, 0.15) is 0 Å². The van der Waals surface area contributed by atoms with Crippen molar-refractivity contribution in [3.05, 3.63) is 49.9 Å². The number of halogens is 1. The van der Waals surface area contributed by atoms with Gasteiger partial charge in [-0.3, -0.25) is 9.59 Å². The van der Waals surface area contributed by atoms with Gasteiger partial charge in [-0.05, 0) is 57.9 Å². The van der Waals surface area contributed by atoms with Crippen LogP contribution >= 0.6 is 23.4 Å². The Bertz CT molecular complexity index is 1320. The van der Waals surface area contributed by atoms with Gasteiger partial charge in [-0.1, -0.05) is 18.5 Å². The molecule has 1 atom stereocenters. The van der Waals surface area contributed by atoms with Crippen LogP contribution in [0.5, 0.6) is 11.5 Å². The van der Waals surface area contributed by atoms with E-state index in [-0.39, 0.29) is 29.3 Å². The van der Waals surface area contributed by atoms with E-state index in [4.69, 9.17) is 25.8 Å². The predicted octanol–water partition coefficient (Wildman–Crippen LogP) is 4.97. The number of ether oxygens (including phenoxy) is 3. The molecule has 1 aromatic carbocycles. The molecule has 2 aromatic rings. The van der Waals surface area contributed by atoms with Crippen LogP contribution in [0.1, 0.15) is 66.7 Å². The summed E-state index contributed by atoms with van der Waals surface area (Å²) in [6.45, 7) is 10.7. The topological polar surface area (TPSA) is 102 Å². The third kappa shape index (κ3) is 5.69. The molecule has 0 bridgehead atoms. The number of thioether (sulfide) groups is 1. The van der Waals surface area contributed by atoms with Gasteiger partial charge in [0.25, 0.3) is 17.3 Å². The van der Waals surface area contributed by atoms with E-state index in [0.29, 0.717) is 39.3 Å². The van der Waals surface area contributed by atoms with Crippen molar-refractivity contribution in [2.24, 2.45) is 11.3 Å². The molecule has 1 aliphatic carbocycles. The number of rotatable bonds is 8. The lowest BCUT2D eigenvalue weighted by Gasteiger charge is -2.41. The maximum atomic E-state index is 13.2. The molecule has 1 saturated carbocycles. The summed E-state index contributed by atoms with van der Waals surface area (Å²) in [6.07, 6.45) is 5.96. The molecule has 8 nitrogen and oxygen atoms in total. The zero-order valence-corrected chi connectivity index (χ0v) is 24.9. The number of fused-ring (bicyclic) bond motifs is 1. The number of aromatic nitrogens is 1. The molecule has 1 amide bonds. The first-order chi connectivity index (χ1) is 18.5. The lowest BCUT2D eigenvalue weighted by atomic mass is 9.80. The van der Waals surface area contributed by atoms with Crippen molar-refractivity contribution in [3.8, 4) is 11.5 Å². The zero-order chi connectivity index (χ0) is 27.9. The minimum Gasteiger partial charge on any atom is -0.448 e. The molecule has 0 spiro atoms. The highest BCUT2D eigenvalue weighted by molar-refractivity contribution is 7.98. The van der Waals surface area contributed by atoms with E-state index in [1.54, 1.807) is 6.07 Å². The number of aromatic amines is 1. The van der Waals surface area contributed by atoms with E-state index in [1.807, 2.05) is 33.1 Å². The molecule has 5 rings (SSSR count). The molecule has 1 aromatic heterocycles. The van der Waals surface area contributed by atoms with Crippen molar-refractivity contribution in [1.82, 2.24) is 15.6 Å². The van der Waals surface area contributed by atoms with Crippen LogP contribution in [0, 0.1) is 25.2 Å². The Morgan fingerprint density at radius 2 is 1.82 bits per heavy atom. The van der Waals surface area contributed by atoms with Crippen LogP contribution in [-0.2, 0) is 11.3 Å². The Labute approximate surface area is 238 Å². The summed E-state index contributed by atoms with van der Waals surface area (Å²) in [5.74, 6) is 0.0555. The molecule has 39 heavy (non-hydrogen) atoms. The molecule has 2 fully saturated rings. The van der Waals surface area contributed by atoms with Gasteiger partial charge in [0.15, 0.2) is 11.5 Å². The summed E-state index contributed by atoms with van der Waals surface area (Å²) in [5, 5.41) is 6.96. The third-order valence-electron chi connectivity index (χ3n) is 8.36. The van der Waals surface area contributed by atoms with Gasteiger partial charge in [-0.25, -0.2) is 0 Å². The van der Waals surface area contributed by atoms with Gasteiger partial charge < -0.3 is 29.8 Å². The minimum absolute atomic E-state index is 0.108. The average Bonchev–Trinajstić information content (AvgIpc) is 3.27. The molecule has 3 heterocycles. The Balaban J connectivity index is 1.25. The average molecular weight is 576 g/mol. The molecule has 1 saturated heterocycles. The van der Waals surface area contributed by atoms with Gasteiger partial charge in [0, 0.05) is 64.7 Å². The lowest BCUT2D eigenvalue weighted by Crippen LogP contribution is -2.51. The van der Waals surface area contributed by atoms with Gasteiger partial charge in [0.05, 0.1) is 18.2 Å². The molecular weight excluding hydrogens is 538 g/mol. The summed E-state index contributed by atoms with van der Waals surface area (Å²) in [4.78, 5) is 29.4. The normalized spacial score (nSPS) is 25.3. The first kappa shape index (κ1) is 28.3. The summed E-state index contributed by atoms with van der Waals surface area (Å²) >= 11 is 8.10. The zero-order valence-electron chi connectivity index (χ0n) is 23.3. The van der Waals surface area contributed by atoms with Crippen LogP contribution in [0.4, 0.5) is 0 Å². The first-order valence-corrected chi connectivity index (χ1v) is 15.2. The summed E-state index contributed by atoms with van der Waals surface area (Å²) < 4.78 is 18.2. The third-order valence-corrected chi connectivity index (χ3v) is 9.44. The monoisotopic (exact) mass is 575 g/mol. The van der Waals surface area contributed by atoms with Gasteiger partial charge in [0.2, 0.25) is 0 Å². The number of pyridine rings is 1. The van der Waals surface area contributed by atoms with E-state index in [9.17, 15) is 9.59 Å². The predicted molar refractivity (Wildman–Crippen MR) is 153 cm³/mol. The fourth-order valence-corrected chi connectivity index (χ4v) is 6.75. The fraction of sp³-hybridized carbons (Fsp3) is 0.586. The smallest absolute Gasteiger partial charge is 0.254 e. The number of hydrogen-bond acceptors (Lipinski definition) is 7. The largest absolute Gasteiger partial charge is 0.448 e. The lowest BCUT2D eigenvalue weighted by molar-refractivity contribution is -0.123. The molecule has 10 heteroatoms. The molecular formula is C29H38ClN3O5S. The van der Waals surface area contributed by atoms with Crippen molar-refractivity contribution >= 4 is 29.3 Å². The second-order valence-electron chi connectivity index (χ2n) is 11.7. The number of carbonyl (C=O) groups is 1. The summed E-state index contributed by atoms with van der Waals surface area (Å²) in [5.41, 5.74) is 2.44. The Morgan fingerprint density at radius 1 is 1.13 bits per heavy atom. The van der Waals surface area contributed by atoms with E-state index >= 15 is 0 Å². The molecule has 3 aliphatic rings. The van der Waals surface area contributed by atoms with E-state index < -0.39 is 5.79 Å². The summed E-state index contributed by atoms with van der Waals surface area (Å²) in [6, 6.07) is 4.02. The van der Waals surface area contributed by atoms with E-state index in [0.717, 1.165) is 56.0 Å². The maximum absolute atomic E-state index is 13.2. The summed E-state index contributed by atoms with van der Waals surface area (Å²) in [7, 11) is 0. The number of amides is 1. The number of carbonyl (C=O) groups excluding carboxylic acids is 1. The van der Waals surface area contributed by atoms with Crippen LogP contribution in [0.15, 0.2) is 21.8 Å². The maximum Gasteiger partial charge on any atom is 0.254 e. The van der Waals surface area contributed by atoms with Crippen molar-refractivity contribution < 1.29 is 19.0 Å². The van der Waals surface area contributed by atoms with Crippen LogP contribution in [0.3, 0.4) is 0 Å². The van der Waals surface area contributed by atoms with Crippen LogP contribution in [0.25, 0.3) is 0 Å². The second kappa shape index (κ2) is 11.0. The highest BCUT2D eigenvalue weighted by Crippen LogP contribution is 2.51. The Kier molecular flexibility index (Phi) is 7.99. The van der Waals surface area contributed by atoms with Crippen LogP contribution < -0.4 is 25.7 Å². The molecule has 212 valence electrons. The quantitative estimate of drug-likeness (QED) is 0.382. The molecule has 2 aliphatic heterocycles. The van der Waals surface area contributed by atoms with Gasteiger partial charge in [-0.2, -0.15) is 0 Å². The highest BCUT2D eigenvalue weighted by Gasteiger charge is 2.47. The van der Waals surface area contributed by atoms with Gasteiger partial charge >= 0.3 is 0 Å².